The first-order valence-corrected chi connectivity index (χ1v) is 6.48. The third-order valence-electron chi connectivity index (χ3n) is 3.39. The lowest BCUT2D eigenvalue weighted by molar-refractivity contribution is 0.449. The van der Waals surface area contributed by atoms with Gasteiger partial charge in [-0.3, -0.25) is 0 Å². The van der Waals surface area contributed by atoms with Gasteiger partial charge in [0.05, 0.1) is 10.5 Å². The zero-order valence-electron chi connectivity index (χ0n) is 9.89. The van der Waals surface area contributed by atoms with E-state index in [9.17, 15) is 0 Å². The normalized spacial score (nSPS) is 20.9. The Hall–Kier alpha value is -1.06. The van der Waals surface area contributed by atoms with Crippen molar-refractivity contribution in [3.05, 3.63) is 28.5 Å². The Morgan fingerprint density at radius 3 is 3.06 bits per heavy atom. The second kappa shape index (κ2) is 4.31. The fourth-order valence-corrected chi connectivity index (χ4v) is 2.82. The van der Waals surface area contributed by atoms with Gasteiger partial charge in [-0.25, -0.2) is 4.98 Å². The van der Waals surface area contributed by atoms with E-state index in [4.69, 9.17) is 11.6 Å². The molecule has 1 aliphatic rings. The van der Waals surface area contributed by atoms with E-state index in [2.05, 4.69) is 21.4 Å². The minimum Gasteiger partial charge on any atom is -0.342 e. The summed E-state index contributed by atoms with van der Waals surface area (Å²) in [4.78, 5) is 8.06. The number of halogens is 1. The fourth-order valence-electron chi connectivity index (χ4n) is 2.51. The van der Waals surface area contributed by atoms with Crippen LogP contribution in [0, 0.1) is 6.92 Å². The van der Waals surface area contributed by atoms with E-state index in [0.29, 0.717) is 5.92 Å². The summed E-state index contributed by atoms with van der Waals surface area (Å²) in [6.45, 7) is 4.18. The lowest BCUT2D eigenvalue weighted by Gasteiger charge is -2.20. The van der Waals surface area contributed by atoms with E-state index in [1.54, 1.807) is 0 Å². The number of rotatable bonds is 1. The van der Waals surface area contributed by atoms with Crippen molar-refractivity contribution >= 4 is 22.6 Å². The molecule has 4 heteroatoms. The predicted octanol–water partition coefficient (Wildman–Crippen LogP) is 2.99. The van der Waals surface area contributed by atoms with E-state index in [-0.39, 0.29) is 0 Å². The van der Waals surface area contributed by atoms with Gasteiger partial charge >= 0.3 is 0 Å². The van der Waals surface area contributed by atoms with Gasteiger partial charge in [0, 0.05) is 12.5 Å². The minimum absolute atomic E-state index is 0.493. The zero-order chi connectivity index (χ0) is 11.8. The molecule has 0 radical (unpaired) electrons. The first-order chi connectivity index (χ1) is 8.24. The largest absolute Gasteiger partial charge is 0.342 e. The van der Waals surface area contributed by atoms with Crippen LogP contribution in [0.3, 0.4) is 0 Å². The van der Waals surface area contributed by atoms with Crippen molar-refractivity contribution in [3.8, 4) is 0 Å². The molecule has 0 bridgehead atoms. The summed E-state index contributed by atoms with van der Waals surface area (Å²) in [7, 11) is 0. The molecule has 1 atom stereocenters. The number of hydrogen-bond acceptors (Lipinski definition) is 2. The Bertz CT molecular complexity index is 541. The third kappa shape index (κ3) is 2.05. The Morgan fingerprint density at radius 1 is 1.41 bits per heavy atom. The van der Waals surface area contributed by atoms with Gasteiger partial charge < -0.3 is 10.3 Å². The van der Waals surface area contributed by atoms with Crippen LogP contribution < -0.4 is 5.32 Å². The van der Waals surface area contributed by atoms with Crippen molar-refractivity contribution in [3.63, 3.8) is 0 Å². The maximum Gasteiger partial charge on any atom is 0.111 e. The number of imidazole rings is 1. The molecule has 1 unspecified atom stereocenters. The van der Waals surface area contributed by atoms with Crippen LogP contribution in [0.15, 0.2) is 12.1 Å². The van der Waals surface area contributed by atoms with E-state index in [0.717, 1.165) is 35.0 Å². The molecule has 0 spiro atoms. The molecular formula is C13H16ClN3. The quantitative estimate of drug-likeness (QED) is 0.816. The molecule has 1 aromatic heterocycles. The Kier molecular flexibility index (Phi) is 2.81. The summed E-state index contributed by atoms with van der Waals surface area (Å²) in [6.07, 6.45) is 2.41. The first kappa shape index (κ1) is 11.1. The van der Waals surface area contributed by atoms with E-state index < -0.39 is 0 Å². The Labute approximate surface area is 106 Å². The van der Waals surface area contributed by atoms with Crippen LogP contribution >= 0.6 is 11.6 Å². The molecule has 0 amide bonds. The number of fused-ring (bicyclic) bond motifs is 1. The van der Waals surface area contributed by atoms with E-state index in [1.165, 1.54) is 18.4 Å². The lowest BCUT2D eigenvalue weighted by Crippen LogP contribution is -2.28. The average Bonchev–Trinajstić information content (AvgIpc) is 2.74. The van der Waals surface area contributed by atoms with Gasteiger partial charge in [0.1, 0.15) is 11.3 Å². The van der Waals surface area contributed by atoms with Gasteiger partial charge in [-0.2, -0.15) is 0 Å². The van der Waals surface area contributed by atoms with Crippen LogP contribution in [0.25, 0.3) is 11.0 Å². The van der Waals surface area contributed by atoms with Gasteiger partial charge in [-0.05, 0) is 44.0 Å². The zero-order valence-corrected chi connectivity index (χ0v) is 10.6. The van der Waals surface area contributed by atoms with E-state index >= 15 is 0 Å². The molecular weight excluding hydrogens is 234 g/mol. The van der Waals surface area contributed by atoms with E-state index in [1.807, 2.05) is 13.0 Å². The van der Waals surface area contributed by atoms with Gasteiger partial charge in [-0.15, -0.1) is 0 Å². The summed E-state index contributed by atoms with van der Waals surface area (Å²) in [5.74, 6) is 1.56. The smallest absolute Gasteiger partial charge is 0.111 e. The summed E-state index contributed by atoms with van der Waals surface area (Å²) >= 11 is 6.22. The van der Waals surface area contributed by atoms with Crippen LogP contribution in [0.2, 0.25) is 5.02 Å². The molecule has 2 heterocycles. The topological polar surface area (TPSA) is 40.7 Å². The van der Waals surface area contributed by atoms with Crippen LogP contribution in [-0.2, 0) is 0 Å². The first-order valence-electron chi connectivity index (χ1n) is 6.10. The molecule has 0 saturated carbocycles. The number of aromatic nitrogens is 2. The molecule has 1 fully saturated rings. The maximum absolute atomic E-state index is 6.22. The van der Waals surface area contributed by atoms with Crippen LogP contribution in [-0.4, -0.2) is 23.1 Å². The maximum atomic E-state index is 6.22. The lowest BCUT2D eigenvalue weighted by atomic mass is 9.99. The number of piperidine rings is 1. The summed E-state index contributed by atoms with van der Waals surface area (Å²) < 4.78 is 0. The molecule has 3 rings (SSSR count). The van der Waals surface area contributed by atoms with Crippen LogP contribution in [0.5, 0.6) is 0 Å². The number of nitrogens with zero attached hydrogens (tertiary/aromatic N) is 1. The van der Waals surface area contributed by atoms with Crippen molar-refractivity contribution in [1.82, 2.24) is 15.3 Å². The SMILES string of the molecule is Cc1cc(Cl)c2nc(C3CCCNC3)[nH]c2c1. The molecule has 1 aromatic carbocycles. The second-order valence-electron chi connectivity index (χ2n) is 4.81. The number of aromatic amines is 1. The molecule has 1 aliphatic heterocycles. The molecule has 17 heavy (non-hydrogen) atoms. The van der Waals surface area contributed by atoms with Crippen molar-refractivity contribution in [2.75, 3.05) is 13.1 Å². The van der Waals surface area contributed by atoms with Crippen molar-refractivity contribution < 1.29 is 0 Å². The summed E-state index contributed by atoms with van der Waals surface area (Å²) in [5.41, 5.74) is 3.12. The van der Waals surface area contributed by atoms with Crippen LogP contribution in [0.4, 0.5) is 0 Å². The standard InChI is InChI=1S/C13H16ClN3/c1-8-5-10(14)12-11(6-8)16-13(17-12)9-3-2-4-15-7-9/h5-6,9,15H,2-4,7H2,1H3,(H,16,17). The predicted molar refractivity (Wildman–Crippen MR) is 70.7 cm³/mol. The van der Waals surface area contributed by atoms with Crippen molar-refractivity contribution in [2.45, 2.75) is 25.7 Å². The van der Waals surface area contributed by atoms with Gasteiger partial charge in [0.25, 0.3) is 0 Å². The highest BCUT2D eigenvalue weighted by Crippen LogP contribution is 2.27. The average molecular weight is 250 g/mol. The minimum atomic E-state index is 0.493. The Morgan fingerprint density at radius 2 is 2.29 bits per heavy atom. The van der Waals surface area contributed by atoms with Crippen molar-refractivity contribution in [1.29, 1.82) is 0 Å². The van der Waals surface area contributed by atoms with Crippen LogP contribution in [0.1, 0.15) is 30.1 Å². The highest BCUT2D eigenvalue weighted by Gasteiger charge is 2.19. The molecule has 1 saturated heterocycles. The highest BCUT2D eigenvalue weighted by atomic mass is 35.5. The molecule has 3 nitrogen and oxygen atoms in total. The number of hydrogen-bond donors (Lipinski definition) is 2. The molecule has 90 valence electrons. The molecule has 0 aliphatic carbocycles. The summed E-state index contributed by atoms with van der Waals surface area (Å²) in [6, 6.07) is 4.07. The number of aryl methyl sites for hydroxylation is 1. The number of H-pyrrole nitrogens is 1. The molecule has 2 N–H and O–H groups in total. The number of benzene rings is 1. The fraction of sp³-hybridized carbons (Fsp3) is 0.462. The number of nitrogens with one attached hydrogen (secondary N) is 2. The van der Waals surface area contributed by atoms with Gasteiger partial charge in [-0.1, -0.05) is 11.6 Å². The van der Waals surface area contributed by atoms with Crippen molar-refractivity contribution in [2.24, 2.45) is 0 Å². The molecule has 2 aromatic rings. The highest BCUT2D eigenvalue weighted by molar-refractivity contribution is 6.35. The second-order valence-corrected chi connectivity index (χ2v) is 5.22. The van der Waals surface area contributed by atoms with Gasteiger partial charge in [0.2, 0.25) is 0 Å². The third-order valence-corrected chi connectivity index (χ3v) is 3.67. The monoisotopic (exact) mass is 249 g/mol. The Balaban J connectivity index is 2.03. The van der Waals surface area contributed by atoms with Gasteiger partial charge in [0.15, 0.2) is 0 Å². The summed E-state index contributed by atoms with van der Waals surface area (Å²) in [5, 5.41) is 4.15.